The van der Waals surface area contributed by atoms with E-state index in [-0.39, 0.29) is 12.2 Å². The van der Waals surface area contributed by atoms with Crippen molar-refractivity contribution in [3.8, 4) is 0 Å². The Balaban J connectivity index is 2.33. The molecular formula is C11H20O3. The standard InChI is InChI=1S/C11H20O3/c1-9(2)7-13-10-5-3-4-6-11(10)14-8-12/h8-11H,3-7H2,1-2H3. The second-order valence-corrected chi connectivity index (χ2v) is 4.32. The van der Waals surface area contributed by atoms with E-state index in [0.717, 1.165) is 25.9 Å². The van der Waals surface area contributed by atoms with Gasteiger partial charge in [-0.15, -0.1) is 0 Å². The van der Waals surface area contributed by atoms with E-state index in [1.165, 1.54) is 6.42 Å². The second-order valence-electron chi connectivity index (χ2n) is 4.32. The molecule has 2 unspecified atom stereocenters. The molecule has 0 heterocycles. The van der Waals surface area contributed by atoms with Crippen LogP contribution in [0.1, 0.15) is 39.5 Å². The zero-order valence-corrected chi connectivity index (χ0v) is 9.07. The lowest BCUT2D eigenvalue weighted by Crippen LogP contribution is -2.35. The molecule has 1 aliphatic carbocycles. The number of ether oxygens (including phenoxy) is 2. The van der Waals surface area contributed by atoms with Gasteiger partial charge >= 0.3 is 0 Å². The second kappa shape index (κ2) is 6.02. The lowest BCUT2D eigenvalue weighted by Gasteiger charge is -2.30. The van der Waals surface area contributed by atoms with E-state index in [1.54, 1.807) is 0 Å². The predicted octanol–water partition coefficient (Wildman–Crippen LogP) is 2.14. The minimum absolute atomic E-state index is 0.0139. The van der Waals surface area contributed by atoms with Crippen molar-refractivity contribution in [2.24, 2.45) is 5.92 Å². The van der Waals surface area contributed by atoms with Crippen LogP contribution >= 0.6 is 0 Å². The Labute approximate surface area is 85.8 Å². The minimum atomic E-state index is -0.0139. The summed E-state index contributed by atoms with van der Waals surface area (Å²) in [6.07, 6.45) is 4.39. The summed E-state index contributed by atoms with van der Waals surface area (Å²) in [6.45, 7) is 5.54. The van der Waals surface area contributed by atoms with Gasteiger partial charge < -0.3 is 9.47 Å². The molecule has 0 spiro atoms. The number of hydrogen-bond donors (Lipinski definition) is 0. The summed E-state index contributed by atoms with van der Waals surface area (Å²) >= 11 is 0. The lowest BCUT2D eigenvalue weighted by molar-refractivity contribution is -0.146. The van der Waals surface area contributed by atoms with Crippen LogP contribution in [0.4, 0.5) is 0 Å². The fourth-order valence-electron chi connectivity index (χ4n) is 1.80. The molecule has 0 aliphatic heterocycles. The van der Waals surface area contributed by atoms with E-state index >= 15 is 0 Å². The number of carbonyl (C=O) groups is 1. The molecule has 3 nitrogen and oxygen atoms in total. The molecule has 0 bridgehead atoms. The van der Waals surface area contributed by atoms with Gasteiger partial charge in [0.25, 0.3) is 6.47 Å². The molecule has 0 amide bonds. The molecule has 3 heteroatoms. The van der Waals surface area contributed by atoms with Gasteiger partial charge in [0.2, 0.25) is 0 Å². The molecule has 1 aliphatic rings. The zero-order chi connectivity index (χ0) is 10.4. The van der Waals surface area contributed by atoms with Gasteiger partial charge in [-0.05, 0) is 25.2 Å². The Morgan fingerprint density at radius 2 is 1.93 bits per heavy atom. The van der Waals surface area contributed by atoms with Crippen LogP contribution in [0.3, 0.4) is 0 Å². The topological polar surface area (TPSA) is 35.5 Å². The maximum absolute atomic E-state index is 10.3. The number of rotatable bonds is 5. The fraction of sp³-hybridized carbons (Fsp3) is 0.909. The van der Waals surface area contributed by atoms with Crippen LogP contribution in [0.2, 0.25) is 0 Å². The van der Waals surface area contributed by atoms with Crippen LogP contribution in [0, 0.1) is 5.92 Å². The van der Waals surface area contributed by atoms with Gasteiger partial charge in [-0.2, -0.15) is 0 Å². The lowest BCUT2D eigenvalue weighted by atomic mass is 9.94. The van der Waals surface area contributed by atoms with Crippen LogP contribution in [-0.2, 0) is 14.3 Å². The van der Waals surface area contributed by atoms with Crippen molar-refractivity contribution >= 4 is 6.47 Å². The molecule has 2 atom stereocenters. The Morgan fingerprint density at radius 3 is 2.50 bits per heavy atom. The summed E-state index contributed by atoms with van der Waals surface area (Å²) < 4.78 is 10.7. The van der Waals surface area contributed by atoms with E-state index in [1.807, 2.05) is 0 Å². The SMILES string of the molecule is CC(C)COC1CCCCC1OC=O. The molecule has 0 aromatic carbocycles. The highest BCUT2D eigenvalue weighted by Gasteiger charge is 2.27. The van der Waals surface area contributed by atoms with Crippen molar-refractivity contribution in [2.45, 2.75) is 51.7 Å². The Kier molecular flexibility index (Phi) is 4.94. The molecule has 0 aromatic heterocycles. The summed E-state index contributed by atoms with van der Waals surface area (Å²) in [4.78, 5) is 10.3. The van der Waals surface area contributed by atoms with E-state index in [9.17, 15) is 4.79 Å². The smallest absolute Gasteiger partial charge is 0.293 e. The van der Waals surface area contributed by atoms with E-state index in [0.29, 0.717) is 12.4 Å². The van der Waals surface area contributed by atoms with Crippen molar-refractivity contribution in [1.82, 2.24) is 0 Å². The maximum atomic E-state index is 10.3. The van der Waals surface area contributed by atoms with Crippen LogP contribution < -0.4 is 0 Å². The molecule has 1 fully saturated rings. The zero-order valence-electron chi connectivity index (χ0n) is 9.07. The summed E-state index contributed by atoms with van der Waals surface area (Å²) in [5, 5.41) is 0. The van der Waals surface area contributed by atoms with Crippen LogP contribution in [0.15, 0.2) is 0 Å². The first-order valence-corrected chi connectivity index (χ1v) is 5.44. The normalized spacial score (nSPS) is 27.6. The van der Waals surface area contributed by atoms with Gasteiger partial charge in [0.05, 0.1) is 6.10 Å². The van der Waals surface area contributed by atoms with Gasteiger partial charge in [0.15, 0.2) is 0 Å². The highest BCUT2D eigenvalue weighted by molar-refractivity contribution is 5.37. The Hall–Kier alpha value is -0.570. The van der Waals surface area contributed by atoms with Gasteiger partial charge in [-0.1, -0.05) is 20.3 Å². The maximum Gasteiger partial charge on any atom is 0.293 e. The molecule has 0 radical (unpaired) electrons. The molecule has 0 saturated heterocycles. The highest BCUT2D eigenvalue weighted by Crippen LogP contribution is 2.23. The molecule has 82 valence electrons. The molecular weight excluding hydrogens is 180 g/mol. The van der Waals surface area contributed by atoms with E-state index in [4.69, 9.17) is 9.47 Å². The van der Waals surface area contributed by atoms with E-state index in [2.05, 4.69) is 13.8 Å². The first-order valence-electron chi connectivity index (χ1n) is 5.44. The number of carbonyl (C=O) groups excluding carboxylic acids is 1. The highest BCUT2D eigenvalue weighted by atomic mass is 16.6. The quantitative estimate of drug-likeness (QED) is 0.638. The predicted molar refractivity (Wildman–Crippen MR) is 54.0 cm³/mol. The first-order chi connectivity index (χ1) is 6.74. The van der Waals surface area contributed by atoms with Crippen molar-refractivity contribution in [1.29, 1.82) is 0 Å². The first kappa shape index (κ1) is 11.5. The summed E-state index contributed by atoms with van der Waals surface area (Å²) in [5.74, 6) is 0.536. The third kappa shape index (κ3) is 3.66. The van der Waals surface area contributed by atoms with Crippen LogP contribution in [-0.4, -0.2) is 25.3 Å². The van der Waals surface area contributed by atoms with Gasteiger partial charge in [0, 0.05) is 6.61 Å². The largest absolute Gasteiger partial charge is 0.462 e. The summed E-state index contributed by atoms with van der Waals surface area (Å²) in [7, 11) is 0. The number of hydrogen-bond acceptors (Lipinski definition) is 3. The van der Waals surface area contributed by atoms with E-state index < -0.39 is 0 Å². The van der Waals surface area contributed by atoms with Gasteiger partial charge in [-0.3, -0.25) is 4.79 Å². The summed E-state index contributed by atoms with van der Waals surface area (Å²) in [6, 6.07) is 0. The van der Waals surface area contributed by atoms with Gasteiger partial charge in [0.1, 0.15) is 6.10 Å². The Bertz CT molecular complexity index is 168. The van der Waals surface area contributed by atoms with Crippen molar-refractivity contribution in [3.05, 3.63) is 0 Å². The third-order valence-electron chi connectivity index (χ3n) is 2.52. The van der Waals surface area contributed by atoms with Crippen LogP contribution in [0.25, 0.3) is 0 Å². The molecule has 0 aromatic rings. The fourth-order valence-corrected chi connectivity index (χ4v) is 1.80. The molecule has 1 saturated carbocycles. The third-order valence-corrected chi connectivity index (χ3v) is 2.52. The molecule has 14 heavy (non-hydrogen) atoms. The Morgan fingerprint density at radius 1 is 1.29 bits per heavy atom. The average molecular weight is 200 g/mol. The van der Waals surface area contributed by atoms with Crippen molar-refractivity contribution < 1.29 is 14.3 Å². The van der Waals surface area contributed by atoms with Crippen molar-refractivity contribution in [3.63, 3.8) is 0 Å². The molecule has 0 N–H and O–H groups in total. The summed E-state index contributed by atoms with van der Waals surface area (Å²) in [5.41, 5.74) is 0. The van der Waals surface area contributed by atoms with Crippen molar-refractivity contribution in [2.75, 3.05) is 6.61 Å². The minimum Gasteiger partial charge on any atom is -0.462 e. The monoisotopic (exact) mass is 200 g/mol. The van der Waals surface area contributed by atoms with Gasteiger partial charge in [-0.25, -0.2) is 0 Å². The molecule has 1 rings (SSSR count). The van der Waals surface area contributed by atoms with Crippen LogP contribution in [0.5, 0.6) is 0 Å². The average Bonchev–Trinajstić information content (AvgIpc) is 2.17.